The summed E-state index contributed by atoms with van der Waals surface area (Å²) >= 11 is 11.2. The summed E-state index contributed by atoms with van der Waals surface area (Å²) in [5.41, 5.74) is 5.13. The quantitative estimate of drug-likeness (QED) is 0.802. The lowest BCUT2D eigenvalue weighted by atomic mass is 10.0. The van der Waals surface area contributed by atoms with Crippen molar-refractivity contribution in [1.82, 2.24) is 15.0 Å². The van der Waals surface area contributed by atoms with Crippen molar-refractivity contribution in [3.63, 3.8) is 0 Å². The van der Waals surface area contributed by atoms with Crippen LogP contribution in [0.1, 0.15) is 0 Å². The fourth-order valence-electron chi connectivity index (χ4n) is 1.28. The van der Waals surface area contributed by atoms with Gasteiger partial charge in [-0.05, 0) is 23.2 Å². The van der Waals surface area contributed by atoms with E-state index >= 15 is 0 Å². The summed E-state index contributed by atoms with van der Waals surface area (Å²) in [6, 6.07) is 0. The van der Waals surface area contributed by atoms with E-state index in [1.807, 2.05) is 0 Å². The number of aromatic nitrogens is 3. The minimum atomic E-state index is -0.322. The molecule has 2 rings (SSSR count). The number of rotatable bonds is 2. The zero-order valence-electron chi connectivity index (χ0n) is 7.52. The number of anilines is 1. The third-order valence-electron chi connectivity index (χ3n) is 2.14. The second kappa shape index (κ2) is 3.79. The molecule has 1 saturated heterocycles. The second-order valence-corrected chi connectivity index (χ2v) is 3.85. The van der Waals surface area contributed by atoms with Crippen molar-refractivity contribution in [2.45, 2.75) is 0 Å². The van der Waals surface area contributed by atoms with Crippen LogP contribution in [0.5, 0.6) is 0 Å². The van der Waals surface area contributed by atoms with Gasteiger partial charge >= 0.3 is 0 Å². The number of hydrogen-bond donors (Lipinski definition) is 1. The van der Waals surface area contributed by atoms with Gasteiger partial charge in [0.25, 0.3) is 0 Å². The minimum Gasteiger partial charge on any atom is -0.369 e. The molecule has 8 heteroatoms. The molecule has 0 aromatic carbocycles. The van der Waals surface area contributed by atoms with Crippen LogP contribution in [-0.2, 0) is 4.79 Å². The molecule has 0 spiro atoms. The van der Waals surface area contributed by atoms with Crippen LogP contribution in [0.4, 0.5) is 5.95 Å². The number of primary amides is 1. The van der Waals surface area contributed by atoms with Gasteiger partial charge < -0.3 is 10.6 Å². The van der Waals surface area contributed by atoms with Gasteiger partial charge in [0, 0.05) is 13.1 Å². The lowest BCUT2D eigenvalue weighted by Crippen LogP contribution is -2.53. The first-order valence-electron chi connectivity index (χ1n) is 4.17. The molecule has 1 aromatic rings. The number of nitrogens with two attached hydrogens (primary N) is 1. The third kappa shape index (κ3) is 2.10. The summed E-state index contributed by atoms with van der Waals surface area (Å²) in [6.07, 6.45) is 0. The Morgan fingerprint density at radius 2 is 1.80 bits per heavy atom. The summed E-state index contributed by atoms with van der Waals surface area (Å²) in [4.78, 5) is 23.9. The maximum absolute atomic E-state index is 10.8. The summed E-state index contributed by atoms with van der Waals surface area (Å²) in [6.45, 7) is 0.984. The zero-order valence-corrected chi connectivity index (χ0v) is 9.03. The summed E-state index contributed by atoms with van der Waals surface area (Å²) in [7, 11) is 0. The highest BCUT2D eigenvalue weighted by Gasteiger charge is 2.33. The van der Waals surface area contributed by atoms with Crippen molar-refractivity contribution in [3.8, 4) is 0 Å². The number of nitrogens with zero attached hydrogens (tertiary/aromatic N) is 4. The molecular formula is C7H7Cl2N5O. The number of carbonyl (C=O) groups excluding carboxylic acids is 1. The first-order valence-corrected chi connectivity index (χ1v) is 4.93. The Balaban J connectivity index is 2.10. The van der Waals surface area contributed by atoms with Crippen LogP contribution in [0.2, 0.25) is 10.6 Å². The molecule has 1 aromatic heterocycles. The molecule has 1 aliphatic rings. The van der Waals surface area contributed by atoms with E-state index in [2.05, 4.69) is 15.0 Å². The predicted octanol–water partition coefficient (Wildman–Crippen LogP) is 0.0999. The fraction of sp³-hybridized carbons (Fsp3) is 0.429. The minimum absolute atomic E-state index is 0.0347. The number of amides is 1. The molecule has 1 amide bonds. The van der Waals surface area contributed by atoms with Gasteiger partial charge in [0.15, 0.2) is 0 Å². The van der Waals surface area contributed by atoms with Gasteiger partial charge in [0.05, 0.1) is 5.92 Å². The molecule has 2 heterocycles. The molecule has 1 aliphatic heterocycles. The van der Waals surface area contributed by atoms with Crippen LogP contribution in [0.15, 0.2) is 0 Å². The van der Waals surface area contributed by atoms with Crippen LogP contribution < -0.4 is 10.6 Å². The van der Waals surface area contributed by atoms with Crippen LogP contribution in [0, 0.1) is 5.92 Å². The average molecular weight is 248 g/mol. The molecular weight excluding hydrogens is 241 g/mol. The van der Waals surface area contributed by atoms with E-state index in [-0.39, 0.29) is 22.4 Å². The third-order valence-corrected chi connectivity index (χ3v) is 2.47. The van der Waals surface area contributed by atoms with Gasteiger partial charge in [0.1, 0.15) is 0 Å². The van der Waals surface area contributed by atoms with Crippen molar-refractivity contribution in [2.75, 3.05) is 18.0 Å². The Hall–Kier alpha value is -1.14. The van der Waals surface area contributed by atoms with E-state index in [1.165, 1.54) is 0 Å². The van der Waals surface area contributed by atoms with Crippen molar-refractivity contribution >= 4 is 35.1 Å². The first-order chi connectivity index (χ1) is 7.06. The lowest BCUT2D eigenvalue weighted by molar-refractivity contribution is -0.122. The van der Waals surface area contributed by atoms with Gasteiger partial charge in [-0.15, -0.1) is 0 Å². The highest BCUT2D eigenvalue weighted by Crippen LogP contribution is 2.22. The van der Waals surface area contributed by atoms with E-state index in [9.17, 15) is 4.79 Å². The molecule has 6 nitrogen and oxygen atoms in total. The van der Waals surface area contributed by atoms with Gasteiger partial charge in [-0.2, -0.15) is 15.0 Å². The van der Waals surface area contributed by atoms with E-state index < -0.39 is 0 Å². The monoisotopic (exact) mass is 247 g/mol. The van der Waals surface area contributed by atoms with E-state index in [4.69, 9.17) is 28.9 Å². The summed E-state index contributed by atoms with van der Waals surface area (Å²) < 4.78 is 0. The Morgan fingerprint density at radius 1 is 1.27 bits per heavy atom. The van der Waals surface area contributed by atoms with Crippen LogP contribution in [0.25, 0.3) is 0 Å². The number of hydrogen-bond acceptors (Lipinski definition) is 5. The summed E-state index contributed by atoms with van der Waals surface area (Å²) in [5, 5.41) is 0.0695. The maximum atomic E-state index is 10.8. The van der Waals surface area contributed by atoms with Crippen molar-refractivity contribution in [2.24, 2.45) is 11.7 Å². The molecule has 2 N–H and O–H groups in total. The van der Waals surface area contributed by atoms with Crippen molar-refractivity contribution in [3.05, 3.63) is 10.6 Å². The Kier molecular flexibility index (Phi) is 2.62. The molecule has 15 heavy (non-hydrogen) atoms. The average Bonchev–Trinajstić information content (AvgIpc) is 1.97. The molecule has 0 bridgehead atoms. The molecule has 80 valence electrons. The lowest BCUT2D eigenvalue weighted by Gasteiger charge is -2.37. The van der Waals surface area contributed by atoms with Gasteiger partial charge in [-0.3, -0.25) is 4.79 Å². The maximum Gasteiger partial charge on any atom is 0.231 e. The van der Waals surface area contributed by atoms with E-state index in [0.717, 1.165) is 0 Å². The highest BCUT2D eigenvalue weighted by molar-refractivity contribution is 6.31. The van der Waals surface area contributed by atoms with Gasteiger partial charge in [-0.25, -0.2) is 0 Å². The predicted molar refractivity (Wildman–Crippen MR) is 54.7 cm³/mol. The van der Waals surface area contributed by atoms with Crippen LogP contribution >= 0.6 is 23.2 Å². The number of carbonyl (C=O) groups is 1. The van der Waals surface area contributed by atoms with Crippen LogP contribution in [0.3, 0.4) is 0 Å². The normalized spacial score (nSPS) is 16.3. The second-order valence-electron chi connectivity index (χ2n) is 3.18. The van der Waals surface area contributed by atoms with Crippen molar-refractivity contribution < 1.29 is 4.79 Å². The SMILES string of the molecule is NC(=O)C1CN(c2nc(Cl)nc(Cl)n2)C1. The molecule has 1 fully saturated rings. The molecule has 0 saturated carbocycles. The van der Waals surface area contributed by atoms with E-state index in [1.54, 1.807) is 4.90 Å². The van der Waals surface area contributed by atoms with Crippen molar-refractivity contribution in [1.29, 1.82) is 0 Å². The summed E-state index contributed by atoms with van der Waals surface area (Å²) in [5.74, 6) is -0.102. The largest absolute Gasteiger partial charge is 0.369 e. The zero-order chi connectivity index (χ0) is 11.0. The standard InChI is InChI=1S/C7H7Cl2N5O/c8-5-11-6(9)13-7(12-5)14-1-3(2-14)4(10)15/h3H,1-2H2,(H2,10,15). The van der Waals surface area contributed by atoms with E-state index in [0.29, 0.717) is 19.0 Å². The Morgan fingerprint density at radius 3 is 2.27 bits per heavy atom. The van der Waals surface area contributed by atoms with Gasteiger partial charge in [-0.1, -0.05) is 0 Å². The highest BCUT2D eigenvalue weighted by atomic mass is 35.5. The van der Waals surface area contributed by atoms with Gasteiger partial charge in [0.2, 0.25) is 22.4 Å². The first kappa shape index (κ1) is 10.4. The molecule has 0 unspecified atom stereocenters. The van der Waals surface area contributed by atoms with Crippen LogP contribution in [-0.4, -0.2) is 33.9 Å². The number of halogens is 2. The Bertz CT molecular complexity index is 386. The topological polar surface area (TPSA) is 85.0 Å². The molecule has 0 radical (unpaired) electrons. The Labute approximate surface area is 95.4 Å². The molecule has 0 atom stereocenters. The smallest absolute Gasteiger partial charge is 0.231 e. The fourth-order valence-corrected chi connectivity index (χ4v) is 1.63. The molecule has 0 aliphatic carbocycles.